The molecule has 2 aromatic rings. The molecule has 1 amide bonds. The molecule has 1 heterocycles. The number of aromatic nitrogens is 2. The molecule has 8 nitrogen and oxygen atoms in total. The lowest BCUT2D eigenvalue weighted by Crippen LogP contribution is -2.13. The van der Waals surface area contributed by atoms with Crippen LogP contribution >= 0.6 is 0 Å². The first kappa shape index (κ1) is 13.4. The molecule has 0 aliphatic rings. The first-order valence-corrected chi connectivity index (χ1v) is 5.64. The highest BCUT2D eigenvalue weighted by atomic mass is 16.5. The number of nitrogens with zero attached hydrogens (tertiary/aromatic N) is 3. The molecule has 0 atom stereocenters. The highest BCUT2D eigenvalue weighted by Gasteiger charge is 2.04. The summed E-state index contributed by atoms with van der Waals surface area (Å²) in [5.41, 5.74) is 12.4. The lowest BCUT2D eigenvalue weighted by atomic mass is 10.2. The Hall–Kier alpha value is -3.03. The maximum absolute atomic E-state index is 10.5. The lowest BCUT2D eigenvalue weighted by Gasteiger charge is -2.03. The molecule has 20 heavy (non-hydrogen) atoms. The molecule has 0 bridgehead atoms. The van der Waals surface area contributed by atoms with Crippen molar-refractivity contribution >= 4 is 11.9 Å². The van der Waals surface area contributed by atoms with Crippen LogP contribution in [0.3, 0.4) is 0 Å². The first-order chi connectivity index (χ1) is 9.60. The van der Waals surface area contributed by atoms with Crippen molar-refractivity contribution in [3.63, 3.8) is 0 Å². The Morgan fingerprint density at radius 3 is 2.65 bits per heavy atom. The van der Waals surface area contributed by atoms with Crippen molar-refractivity contribution in [3.05, 3.63) is 47.8 Å². The highest BCUT2D eigenvalue weighted by molar-refractivity contribution is 5.97. The Morgan fingerprint density at radius 2 is 2.05 bits per heavy atom. The quantitative estimate of drug-likeness (QED) is 0.325. The van der Waals surface area contributed by atoms with Gasteiger partial charge in [-0.15, -0.1) is 0 Å². The van der Waals surface area contributed by atoms with Crippen LogP contribution in [-0.4, -0.2) is 26.9 Å². The molecule has 0 saturated carbocycles. The predicted molar refractivity (Wildman–Crippen MR) is 70.4 cm³/mol. The van der Waals surface area contributed by atoms with Gasteiger partial charge in [0.05, 0.1) is 11.9 Å². The van der Waals surface area contributed by atoms with Crippen molar-refractivity contribution < 1.29 is 14.7 Å². The van der Waals surface area contributed by atoms with E-state index in [4.69, 9.17) is 16.7 Å². The van der Waals surface area contributed by atoms with E-state index in [1.54, 1.807) is 41.3 Å². The van der Waals surface area contributed by atoms with E-state index in [1.807, 2.05) is 0 Å². The summed E-state index contributed by atoms with van der Waals surface area (Å²) in [5, 5.41) is 15.6. The number of carbonyl (C=O) groups excluding carboxylic acids is 1. The summed E-state index contributed by atoms with van der Waals surface area (Å²) in [6.07, 6.45) is 2.45. The fraction of sp³-hybridized carbons (Fsp3) is 0.0833. The normalized spacial score (nSPS) is 11.3. The predicted octanol–water partition coefficient (Wildman–Crippen LogP) is 0.562. The van der Waals surface area contributed by atoms with Crippen LogP contribution in [0.4, 0.5) is 4.79 Å². The smallest absolute Gasteiger partial charge is 0.404 e. The van der Waals surface area contributed by atoms with Crippen LogP contribution in [0.5, 0.6) is 0 Å². The molecular weight excluding hydrogens is 262 g/mol. The number of primary amides is 1. The SMILES string of the molecule is NC(=O)OCc1cnn(-c2ccc(C(N)=NO)cc2)c1. The fourth-order valence-corrected chi connectivity index (χ4v) is 1.57. The molecule has 5 N–H and O–H groups in total. The van der Waals surface area contributed by atoms with Gasteiger partial charge in [0.1, 0.15) is 6.61 Å². The van der Waals surface area contributed by atoms with Gasteiger partial charge >= 0.3 is 6.09 Å². The molecule has 2 rings (SSSR count). The van der Waals surface area contributed by atoms with Gasteiger partial charge in [-0.2, -0.15) is 5.10 Å². The third-order valence-corrected chi connectivity index (χ3v) is 2.55. The van der Waals surface area contributed by atoms with Crippen molar-refractivity contribution in [2.45, 2.75) is 6.61 Å². The molecule has 0 aliphatic carbocycles. The third-order valence-electron chi connectivity index (χ3n) is 2.55. The van der Waals surface area contributed by atoms with E-state index >= 15 is 0 Å². The van der Waals surface area contributed by atoms with E-state index in [2.05, 4.69) is 15.0 Å². The van der Waals surface area contributed by atoms with E-state index < -0.39 is 6.09 Å². The number of rotatable bonds is 4. The maximum atomic E-state index is 10.5. The van der Waals surface area contributed by atoms with Crippen LogP contribution < -0.4 is 11.5 Å². The van der Waals surface area contributed by atoms with Crippen molar-refractivity contribution in [1.29, 1.82) is 0 Å². The van der Waals surface area contributed by atoms with Crippen LogP contribution in [0.15, 0.2) is 41.8 Å². The fourth-order valence-electron chi connectivity index (χ4n) is 1.57. The molecule has 0 spiro atoms. The molecular formula is C12H13N5O3. The molecule has 0 radical (unpaired) electrons. The summed E-state index contributed by atoms with van der Waals surface area (Å²) in [6, 6.07) is 6.93. The van der Waals surface area contributed by atoms with Crippen molar-refractivity contribution in [2.24, 2.45) is 16.6 Å². The summed E-state index contributed by atoms with van der Waals surface area (Å²) in [7, 11) is 0. The van der Waals surface area contributed by atoms with Gasteiger partial charge in [0.15, 0.2) is 5.84 Å². The molecule has 0 saturated heterocycles. The topological polar surface area (TPSA) is 129 Å². The Balaban J connectivity index is 2.14. The number of amides is 1. The summed E-state index contributed by atoms with van der Waals surface area (Å²) < 4.78 is 6.27. The highest BCUT2D eigenvalue weighted by Crippen LogP contribution is 2.10. The number of nitrogens with two attached hydrogens (primary N) is 2. The summed E-state index contributed by atoms with van der Waals surface area (Å²) in [6.45, 7) is 0.0670. The second-order valence-corrected chi connectivity index (χ2v) is 3.93. The Morgan fingerprint density at radius 1 is 1.35 bits per heavy atom. The van der Waals surface area contributed by atoms with E-state index in [-0.39, 0.29) is 12.4 Å². The van der Waals surface area contributed by atoms with Gasteiger partial charge in [0, 0.05) is 17.3 Å². The monoisotopic (exact) mass is 275 g/mol. The van der Waals surface area contributed by atoms with Crippen LogP contribution in [0.2, 0.25) is 0 Å². The zero-order valence-corrected chi connectivity index (χ0v) is 10.4. The number of oxime groups is 1. The molecule has 0 aliphatic heterocycles. The largest absolute Gasteiger partial charge is 0.445 e. The standard InChI is InChI=1S/C12H13N5O3/c13-11(16-19)9-1-3-10(4-2-9)17-6-8(5-15-17)7-20-12(14)18/h1-6,19H,7H2,(H2,13,16)(H2,14,18). The first-order valence-electron chi connectivity index (χ1n) is 5.64. The number of amidine groups is 1. The molecule has 104 valence electrons. The minimum absolute atomic E-state index is 0.0348. The molecule has 1 aromatic heterocycles. The van der Waals surface area contributed by atoms with Crippen LogP contribution in [-0.2, 0) is 11.3 Å². The number of benzene rings is 1. The number of ether oxygens (including phenoxy) is 1. The average molecular weight is 275 g/mol. The Bertz CT molecular complexity index is 633. The second-order valence-electron chi connectivity index (χ2n) is 3.93. The summed E-state index contributed by atoms with van der Waals surface area (Å²) in [5.74, 6) is 0.0348. The number of hydrogen-bond donors (Lipinski definition) is 3. The Labute approximate surface area is 114 Å². The summed E-state index contributed by atoms with van der Waals surface area (Å²) in [4.78, 5) is 10.5. The maximum Gasteiger partial charge on any atom is 0.404 e. The molecule has 0 unspecified atom stereocenters. The van der Waals surface area contributed by atoms with Crippen molar-refractivity contribution in [3.8, 4) is 5.69 Å². The minimum Gasteiger partial charge on any atom is -0.445 e. The zero-order valence-electron chi connectivity index (χ0n) is 10.4. The Kier molecular flexibility index (Phi) is 3.85. The third kappa shape index (κ3) is 3.05. The minimum atomic E-state index is -0.833. The zero-order chi connectivity index (χ0) is 14.5. The van der Waals surface area contributed by atoms with Crippen molar-refractivity contribution in [1.82, 2.24) is 9.78 Å². The van der Waals surface area contributed by atoms with Gasteiger partial charge < -0.3 is 21.4 Å². The van der Waals surface area contributed by atoms with Gasteiger partial charge in [-0.3, -0.25) is 0 Å². The van der Waals surface area contributed by atoms with Crippen LogP contribution in [0, 0.1) is 0 Å². The van der Waals surface area contributed by atoms with Gasteiger partial charge in [-0.25, -0.2) is 9.48 Å². The summed E-state index contributed by atoms with van der Waals surface area (Å²) >= 11 is 0. The van der Waals surface area contributed by atoms with Crippen LogP contribution in [0.25, 0.3) is 5.69 Å². The van der Waals surface area contributed by atoms with Crippen LogP contribution in [0.1, 0.15) is 11.1 Å². The average Bonchev–Trinajstić information content (AvgIpc) is 2.93. The molecule has 8 heteroatoms. The van der Waals surface area contributed by atoms with E-state index in [1.165, 1.54) is 0 Å². The van der Waals surface area contributed by atoms with E-state index in [0.717, 1.165) is 5.69 Å². The van der Waals surface area contributed by atoms with Gasteiger partial charge in [-0.1, -0.05) is 5.16 Å². The van der Waals surface area contributed by atoms with E-state index in [9.17, 15) is 4.79 Å². The number of carbonyl (C=O) groups is 1. The van der Waals surface area contributed by atoms with Gasteiger partial charge in [0.25, 0.3) is 0 Å². The molecule has 0 fully saturated rings. The van der Waals surface area contributed by atoms with Crippen molar-refractivity contribution in [2.75, 3.05) is 0 Å². The van der Waals surface area contributed by atoms with Gasteiger partial charge in [-0.05, 0) is 24.3 Å². The lowest BCUT2D eigenvalue weighted by molar-refractivity contribution is 0.150. The second kappa shape index (κ2) is 5.74. The van der Waals surface area contributed by atoms with E-state index in [0.29, 0.717) is 11.1 Å². The molecule has 1 aromatic carbocycles. The number of hydrogen-bond acceptors (Lipinski definition) is 5. The van der Waals surface area contributed by atoms with Gasteiger partial charge in [0.2, 0.25) is 0 Å².